The topological polar surface area (TPSA) is 80.1 Å². The minimum Gasteiger partial charge on any atom is -0.326 e. The molecular weight excluding hydrogens is 447 g/mol. The van der Waals surface area contributed by atoms with Gasteiger partial charge in [-0.05, 0) is 42.5 Å². The lowest BCUT2D eigenvalue weighted by Crippen LogP contribution is -2.31. The van der Waals surface area contributed by atoms with Crippen LogP contribution in [0, 0.1) is 0 Å². The number of nitrogens with zero attached hydrogens (tertiary/aromatic N) is 4. The van der Waals surface area contributed by atoms with E-state index in [2.05, 4.69) is 15.3 Å². The first-order valence-corrected chi connectivity index (χ1v) is 10.5. The summed E-state index contributed by atoms with van der Waals surface area (Å²) in [6.07, 6.45) is -3.17. The Morgan fingerprint density at radius 2 is 1.82 bits per heavy atom. The highest BCUT2D eigenvalue weighted by molar-refractivity contribution is 6.05. The van der Waals surface area contributed by atoms with Crippen LogP contribution < -0.4 is 10.2 Å². The maximum Gasteiger partial charge on any atom is 0.416 e. The standard InChI is InChI=1S/C24H18F3N5O2/c25-24(26,27)15-6-5-8-16(12-15)29-21(33)13-20-22(34)31(14-17-7-3-4-11-28-17)23-30-18-9-1-2-10-19(18)32(20)23/h1-12,20H,13-14H2,(H,29,33)/t20-/m1/s1. The van der Waals surface area contributed by atoms with E-state index in [0.29, 0.717) is 22.7 Å². The number of hydrogen-bond donors (Lipinski definition) is 1. The molecule has 172 valence electrons. The molecule has 1 atom stereocenters. The van der Waals surface area contributed by atoms with Gasteiger partial charge in [0.05, 0.1) is 35.3 Å². The number of hydrogen-bond acceptors (Lipinski definition) is 4. The Kier molecular flexibility index (Phi) is 5.27. The van der Waals surface area contributed by atoms with E-state index >= 15 is 0 Å². The van der Waals surface area contributed by atoms with Crippen LogP contribution in [0.4, 0.5) is 24.8 Å². The molecule has 2 aromatic carbocycles. The van der Waals surface area contributed by atoms with E-state index in [-0.39, 0.29) is 24.6 Å². The third-order valence-corrected chi connectivity index (χ3v) is 5.58. The van der Waals surface area contributed by atoms with Crippen molar-refractivity contribution < 1.29 is 22.8 Å². The molecule has 2 amide bonds. The average Bonchev–Trinajstić information content (AvgIpc) is 3.30. The third kappa shape index (κ3) is 3.98. The number of pyridine rings is 1. The van der Waals surface area contributed by atoms with Crippen molar-refractivity contribution in [3.05, 3.63) is 84.2 Å². The van der Waals surface area contributed by atoms with Crippen molar-refractivity contribution in [3.8, 4) is 0 Å². The number of alkyl halides is 3. The van der Waals surface area contributed by atoms with Gasteiger partial charge in [0.2, 0.25) is 11.9 Å². The molecule has 7 nitrogen and oxygen atoms in total. The molecule has 0 spiro atoms. The minimum atomic E-state index is -4.53. The molecule has 10 heteroatoms. The zero-order chi connectivity index (χ0) is 23.9. The number of amides is 2. The van der Waals surface area contributed by atoms with Gasteiger partial charge in [0.25, 0.3) is 5.91 Å². The fourth-order valence-corrected chi connectivity index (χ4v) is 4.06. The number of carbonyl (C=O) groups excluding carboxylic acids is 2. The van der Waals surface area contributed by atoms with E-state index < -0.39 is 23.7 Å². The van der Waals surface area contributed by atoms with E-state index in [4.69, 9.17) is 0 Å². The summed E-state index contributed by atoms with van der Waals surface area (Å²) in [5.41, 5.74) is 1.15. The monoisotopic (exact) mass is 465 g/mol. The molecule has 0 unspecified atom stereocenters. The predicted molar refractivity (Wildman–Crippen MR) is 119 cm³/mol. The second kappa shape index (κ2) is 8.29. The maximum atomic E-state index is 13.4. The van der Waals surface area contributed by atoms with Gasteiger partial charge in [-0.25, -0.2) is 4.98 Å². The van der Waals surface area contributed by atoms with E-state index in [1.807, 2.05) is 24.3 Å². The molecule has 0 bridgehead atoms. The summed E-state index contributed by atoms with van der Waals surface area (Å²) in [6, 6.07) is 16.1. The third-order valence-electron chi connectivity index (χ3n) is 5.58. The van der Waals surface area contributed by atoms with Crippen LogP contribution in [-0.2, 0) is 22.3 Å². The molecule has 0 fully saturated rings. The Morgan fingerprint density at radius 1 is 1.03 bits per heavy atom. The number of anilines is 2. The van der Waals surface area contributed by atoms with Crippen molar-refractivity contribution in [1.82, 2.24) is 14.5 Å². The van der Waals surface area contributed by atoms with Crippen molar-refractivity contribution in [3.63, 3.8) is 0 Å². The molecule has 34 heavy (non-hydrogen) atoms. The van der Waals surface area contributed by atoms with Crippen LogP contribution in [0.25, 0.3) is 11.0 Å². The highest BCUT2D eigenvalue weighted by Gasteiger charge is 2.41. The maximum absolute atomic E-state index is 13.4. The highest BCUT2D eigenvalue weighted by Crippen LogP contribution is 2.37. The van der Waals surface area contributed by atoms with Crippen molar-refractivity contribution in [2.75, 3.05) is 10.2 Å². The number of para-hydroxylation sites is 2. The molecule has 1 aliphatic rings. The number of imidazole rings is 1. The zero-order valence-electron chi connectivity index (χ0n) is 17.7. The number of carbonyl (C=O) groups is 2. The van der Waals surface area contributed by atoms with Gasteiger partial charge in [0.15, 0.2) is 0 Å². The van der Waals surface area contributed by atoms with Gasteiger partial charge in [0, 0.05) is 11.9 Å². The zero-order valence-corrected chi connectivity index (χ0v) is 17.7. The summed E-state index contributed by atoms with van der Waals surface area (Å²) in [7, 11) is 0. The quantitative estimate of drug-likeness (QED) is 0.468. The minimum absolute atomic E-state index is 0.00586. The summed E-state index contributed by atoms with van der Waals surface area (Å²) >= 11 is 0. The second-order valence-electron chi connectivity index (χ2n) is 7.86. The van der Waals surface area contributed by atoms with Gasteiger partial charge >= 0.3 is 6.18 Å². The van der Waals surface area contributed by atoms with Gasteiger partial charge in [-0.15, -0.1) is 0 Å². The second-order valence-corrected chi connectivity index (χ2v) is 7.86. The molecular formula is C24H18F3N5O2. The first-order chi connectivity index (χ1) is 16.3. The van der Waals surface area contributed by atoms with E-state index in [0.717, 1.165) is 12.1 Å². The molecule has 1 N–H and O–H groups in total. The van der Waals surface area contributed by atoms with E-state index in [9.17, 15) is 22.8 Å². The van der Waals surface area contributed by atoms with E-state index in [1.54, 1.807) is 29.0 Å². The van der Waals surface area contributed by atoms with Crippen LogP contribution in [-0.4, -0.2) is 26.3 Å². The van der Waals surface area contributed by atoms with Gasteiger partial charge in [-0.1, -0.05) is 24.3 Å². The largest absolute Gasteiger partial charge is 0.416 e. The lowest BCUT2D eigenvalue weighted by molar-refractivity contribution is -0.137. The number of benzene rings is 2. The number of nitrogens with one attached hydrogen (secondary N) is 1. The molecule has 2 aromatic heterocycles. The molecule has 1 aliphatic heterocycles. The molecule has 4 aromatic rings. The average molecular weight is 465 g/mol. The predicted octanol–water partition coefficient (Wildman–Crippen LogP) is 4.57. The summed E-state index contributed by atoms with van der Waals surface area (Å²) < 4.78 is 40.7. The van der Waals surface area contributed by atoms with Crippen LogP contribution in [0.2, 0.25) is 0 Å². The Bertz CT molecular complexity index is 1380. The highest BCUT2D eigenvalue weighted by atomic mass is 19.4. The van der Waals surface area contributed by atoms with Crippen molar-refractivity contribution in [2.24, 2.45) is 0 Å². The number of halogens is 3. The molecule has 0 radical (unpaired) electrons. The van der Waals surface area contributed by atoms with E-state index in [1.165, 1.54) is 17.0 Å². The normalized spacial score (nSPS) is 15.6. The van der Waals surface area contributed by atoms with Crippen molar-refractivity contribution in [2.45, 2.75) is 25.2 Å². The molecule has 0 saturated carbocycles. The fourth-order valence-electron chi connectivity index (χ4n) is 4.06. The summed E-state index contributed by atoms with van der Waals surface area (Å²) in [4.78, 5) is 36.5. The number of rotatable bonds is 5. The SMILES string of the molecule is O=C(C[C@@H]1C(=O)N(Cc2ccccn2)c2nc3ccccc3n21)Nc1cccc(C(F)(F)F)c1. The lowest BCUT2D eigenvalue weighted by Gasteiger charge is -2.16. The Hall–Kier alpha value is -4.21. The van der Waals surface area contributed by atoms with Crippen LogP contribution >= 0.6 is 0 Å². The van der Waals surface area contributed by atoms with Gasteiger partial charge in [0.1, 0.15) is 6.04 Å². The van der Waals surface area contributed by atoms with Gasteiger partial charge in [-0.3, -0.25) is 24.0 Å². The van der Waals surface area contributed by atoms with Crippen LogP contribution in [0.15, 0.2) is 72.9 Å². The van der Waals surface area contributed by atoms with Crippen LogP contribution in [0.1, 0.15) is 23.7 Å². The first-order valence-electron chi connectivity index (χ1n) is 10.5. The molecule has 3 heterocycles. The lowest BCUT2D eigenvalue weighted by atomic mass is 10.1. The number of fused-ring (bicyclic) bond motifs is 3. The van der Waals surface area contributed by atoms with Crippen LogP contribution in [0.5, 0.6) is 0 Å². The first kappa shape index (κ1) is 21.6. The van der Waals surface area contributed by atoms with Gasteiger partial charge in [-0.2, -0.15) is 13.2 Å². The number of aromatic nitrogens is 3. The fraction of sp³-hybridized carbons (Fsp3) is 0.167. The molecule has 5 rings (SSSR count). The summed E-state index contributed by atoms with van der Waals surface area (Å²) in [6.45, 7) is 0.175. The molecule has 0 aliphatic carbocycles. The Balaban J connectivity index is 1.44. The van der Waals surface area contributed by atoms with Crippen LogP contribution in [0.3, 0.4) is 0 Å². The Morgan fingerprint density at radius 3 is 2.59 bits per heavy atom. The van der Waals surface area contributed by atoms with Crippen molar-refractivity contribution in [1.29, 1.82) is 0 Å². The van der Waals surface area contributed by atoms with Gasteiger partial charge < -0.3 is 5.32 Å². The summed E-state index contributed by atoms with van der Waals surface area (Å²) in [5.74, 6) is -0.520. The Labute approximate surface area is 191 Å². The smallest absolute Gasteiger partial charge is 0.326 e. The summed E-state index contributed by atoms with van der Waals surface area (Å²) in [5, 5.41) is 2.48. The van der Waals surface area contributed by atoms with Crippen molar-refractivity contribution >= 4 is 34.5 Å². The molecule has 0 saturated heterocycles.